The van der Waals surface area contributed by atoms with Crippen molar-refractivity contribution in [3.05, 3.63) is 30.5 Å². The van der Waals surface area contributed by atoms with Crippen molar-refractivity contribution in [1.29, 1.82) is 0 Å². The number of terminal acetylenes is 1. The van der Waals surface area contributed by atoms with Crippen LogP contribution in [0.25, 0.3) is 11.0 Å². The van der Waals surface area contributed by atoms with Crippen molar-refractivity contribution in [2.24, 2.45) is 10.2 Å². The predicted octanol–water partition coefficient (Wildman–Crippen LogP) is 3.73. The fourth-order valence-electron chi connectivity index (χ4n) is 2.25. The number of hydrogen-bond acceptors (Lipinski definition) is 4. The Morgan fingerprint density at radius 1 is 1.33 bits per heavy atom. The van der Waals surface area contributed by atoms with Crippen LogP contribution in [0.2, 0.25) is 0 Å². The molecule has 106 valence electrons. The van der Waals surface area contributed by atoms with Crippen LogP contribution in [0.3, 0.4) is 0 Å². The Morgan fingerprint density at radius 2 is 2.19 bits per heavy atom. The number of carbonyl (C=O) groups is 1. The molecule has 1 aromatic heterocycles. The fraction of sp³-hybridized carbons (Fsp3) is 0.312. The van der Waals surface area contributed by atoms with Gasteiger partial charge >= 0.3 is 0 Å². The van der Waals surface area contributed by atoms with Gasteiger partial charge in [-0.05, 0) is 24.3 Å². The molecule has 0 fully saturated rings. The highest BCUT2D eigenvalue weighted by atomic mass is 16.3. The molecule has 5 nitrogen and oxygen atoms in total. The van der Waals surface area contributed by atoms with Crippen LogP contribution in [0.1, 0.15) is 25.7 Å². The Bertz CT molecular complexity index is 733. The van der Waals surface area contributed by atoms with Crippen molar-refractivity contribution in [3.8, 4) is 12.3 Å². The molecular weight excluding hydrogens is 266 g/mol. The van der Waals surface area contributed by atoms with Gasteiger partial charge in [0.1, 0.15) is 5.58 Å². The summed E-state index contributed by atoms with van der Waals surface area (Å²) >= 11 is 0. The van der Waals surface area contributed by atoms with Crippen molar-refractivity contribution in [2.45, 2.75) is 31.3 Å². The van der Waals surface area contributed by atoms with E-state index < -0.39 is 5.66 Å². The van der Waals surface area contributed by atoms with Crippen LogP contribution >= 0.6 is 0 Å². The maximum atomic E-state index is 12.0. The fourth-order valence-corrected chi connectivity index (χ4v) is 2.25. The van der Waals surface area contributed by atoms with E-state index >= 15 is 0 Å². The van der Waals surface area contributed by atoms with E-state index in [1.807, 2.05) is 24.3 Å². The average Bonchev–Trinajstić information content (AvgIpc) is 3.11. The number of furan rings is 1. The number of nitrogens with one attached hydrogen (secondary N) is 1. The lowest BCUT2D eigenvalue weighted by Gasteiger charge is -2.09. The van der Waals surface area contributed by atoms with Crippen LogP contribution in [-0.4, -0.2) is 11.6 Å². The van der Waals surface area contributed by atoms with E-state index in [0.717, 1.165) is 23.1 Å². The Morgan fingerprint density at radius 3 is 2.95 bits per heavy atom. The predicted molar refractivity (Wildman–Crippen MR) is 79.7 cm³/mol. The molecule has 2 aromatic rings. The summed E-state index contributed by atoms with van der Waals surface area (Å²) in [6, 6.07) is 7.41. The van der Waals surface area contributed by atoms with E-state index in [2.05, 4.69) is 21.5 Å². The molecule has 0 unspecified atom stereocenters. The van der Waals surface area contributed by atoms with Crippen LogP contribution in [0.15, 0.2) is 45.2 Å². The van der Waals surface area contributed by atoms with Crippen molar-refractivity contribution in [2.75, 3.05) is 5.32 Å². The first kappa shape index (κ1) is 13.4. The summed E-state index contributed by atoms with van der Waals surface area (Å²) in [4.78, 5) is 12.0. The normalized spacial score (nSPS) is 14.8. The third kappa shape index (κ3) is 3.11. The third-order valence-electron chi connectivity index (χ3n) is 3.54. The summed E-state index contributed by atoms with van der Waals surface area (Å²) in [6.45, 7) is 0. The van der Waals surface area contributed by atoms with Gasteiger partial charge in [-0.2, -0.15) is 10.2 Å². The van der Waals surface area contributed by atoms with E-state index in [9.17, 15) is 4.79 Å². The molecule has 5 heteroatoms. The standard InChI is InChI=1S/C16H15N3O2/c1-2-3-8-16(18-19-16)9-6-15(20)17-13-4-5-14-12(11-13)7-10-21-14/h1,4-5,7,10-11H,3,6,8-9H2,(H,17,20). The molecule has 0 saturated heterocycles. The Kier molecular flexibility index (Phi) is 3.44. The minimum absolute atomic E-state index is 0.0461. The summed E-state index contributed by atoms with van der Waals surface area (Å²) in [7, 11) is 0. The molecule has 0 saturated carbocycles. The lowest BCUT2D eigenvalue weighted by molar-refractivity contribution is -0.116. The quantitative estimate of drug-likeness (QED) is 0.820. The summed E-state index contributed by atoms with van der Waals surface area (Å²) in [5, 5.41) is 11.9. The molecular formula is C16H15N3O2. The topological polar surface area (TPSA) is 67.0 Å². The highest BCUT2D eigenvalue weighted by Gasteiger charge is 2.39. The molecule has 0 aliphatic carbocycles. The van der Waals surface area contributed by atoms with E-state index in [4.69, 9.17) is 10.8 Å². The first-order chi connectivity index (χ1) is 10.2. The number of fused-ring (bicyclic) bond motifs is 1. The molecule has 1 N–H and O–H groups in total. The number of nitrogens with zero attached hydrogens (tertiary/aromatic N) is 2. The van der Waals surface area contributed by atoms with Gasteiger partial charge in [0, 0.05) is 36.8 Å². The van der Waals surface area contributed by atoms with Crippen LogP contribution in [-0.2, 0) is 4.79 Å². The second-order valence-electron chi connectivity index (χ2n) is 5.11. The molecule has 0 bridgehead atoms. The summed E-state index contributed by atoms with van der Waals surface area (Å²) < 4.78 is 5.26. The number of carbonyl (C=O) groups excluding carboxylic acids is 1. The summed E-state index contributed by atoms with van der Waals surface area (Å²) in [6.07, 6.45) is 9.20. The molecule has 1 aliphatic rings. The average molecular weight is 281 g/mol. The van der Waals surface area contributed by atoms with Gasteiger partial charge in [0.15, 0.2) is 5.66 Å². The van der Waals surface area contributed by atoms with Crippen LogP contribution in [0, 0.1) is 12.3 Å². The van der Waals surface area contributed by atoms with Crippen molar-refractivity contribution >= 4 is 22.6 Å². The van der Waals surface area contributed by atoms with Crippen molar-refractivity contribution < 1.29 is 9.21 Å². The zero-order chi connectivity index (χ0) is 14.7. The summed E-state index contributed by atoms with van der Waals surface area (Å²) in [5.74, 6) is 2.53. The van der Waals surface area contributed by atoms with E-state index in [1.165, 1.54) is 0 Å². The second kappa shape index (κ2) is 5.41. The van der Waals surface area contributed by atoms with Crippen LogP contribution < -0.4 is 5.32 Å². The highest BCUT2D eigenvalue weighted by molar-refractivity contribution is 5.93. The maximum Gasteiger partial charge on any atom is 0.224 e. The zero-order valence-corrected chi connectivity index (χ0v) is 11.5. The van der Waals surface area contributed by atoms with E-state index in [-0.39, 0.29) is 5.91 Å². The van der Waals surface area contributed by atoms with Gasteiger partial charge in [-0.3, -0.25) is 4.79 Å². The number of anilines is 1. The lowest BCUT2D eigenvalue weighted by atomic mass is 10.0. The second-order valence-corrected chi connectivity index (χ2v) is 5.11. The molecule has 1 aliphatic heterocycles. The minimum Gasteiger partial charge on any atom is -0.464 e. The van der Waals surface area contributed by atoms with Gasteiger partial charge < -0.3 is 9.73 Å². The number of benzene rings is 1. The van der Waals surface area contributed by atoms with Gasteiger partial charge in [0.25, 0.3) is 0 Å². The van der Waals surface area contributed by atoms with E-state index in [0.29, 0.717) is 19.3 Å². The largest absolute Gasteiger partial charge is 0.464 e. The molecule has 0 radical (unpaired) electrons. The smallest absolute Gasteiger partial charge is 0.224 e. The van der Waals surface area contributed by atoms with Crippen LogP contribution in [0.4, 0.5) is 5.69 Å². The van der Waals surface area contributed by atoms with Gasteiger partial charge in [-0.15, -0.1) is 12.3 Å². The molecule has 0 atom stereocenters. The first-order valence-electron chi connectivity index (χ1n) is 6.85. The maximum absolute atomic E-state index is 12.0. The minimum atomic E-state index is -0.405. The van der Waals surface area contributed by atoms with E-state index in [1.54, 1.807) is 6.26 Å². The first-order valence-corrected chi connectivity index (χ1v) is 6.85. The third-order valence-corrected chi connectivity index (χ3v) is 3.54. The van der Waals surface area contributed by atoms with Gasteiger partial charge in [-0.1, -0.05) is 0 Å². The molecule has 21 heavy (non-hydrogen) atoms. The molecule has 1 aromatic carbocycles. The Balaban J connectivity index is 1.53. The molecule has 1 amide bonds. The number of rotatable bonds is 6. The summed E-state index contributed by atoms with van der Waals surface area (Å²) in [5.41, 5.74) is 1.16. The molecule has 0 spiro atoms. The lowest BCUT2D eigenvalue weighted by Crippen LogP contribution is -2.17. The van der Waals surface area contributed by atoms with Gasteiger partial charge in [0.2, 0.25) is 5.91 Å². The Hall–Kier alpha value is -2.61. The zero-order valence-electron chi connectivity index (χ0n) is 11.5. The highest BCUT2D eigenvalue weighted by Crippen LogP contribution is 2.37. The Labute approximate surface area is 122 Å². The SMILES string of the molecule is C#CCCC1(CCC(=O)Nc2ccc3occc3c2)N=N1. The molecule has 3 rings (SSSR count). The van der Waals surface area contributed by atoms with Crippen molar-refractivity contribution in [3.63, 3.8) is 0 Å². The number of amides is 1. The van der Waals surface area contributed by atoms with Gasteiger partial charge in [0.05, 0.1) is 6.26 Å². The van der Waals surface area contributed by atoms with Gasteiger partial charge in [-0.25, -0.2) is 0 Å². The van der Waals surface area contributed by atoms with Crippen molar-refractivity contribution in [1.82, 2.24) is 0 Å². The monoisotopic (exact) mass is 281 g/mol. The van der Waals surface area contributed by atoms with Crippen LogP contribution in [0.5, 0.6) is 0 Å². The number of hydrogen-bond donors (Lipinski definition) is 1. The molecule has 2 heterocycles.